The molecule has 0 aliphatic heterocycles. The fraction of sp³-hybridized carbons (Fsp3) is 0.571. The van der Waals surface area contributed by atoms with Gasteiger partial charge in [-0.3, -0.25) is 0 Å². The van der Waals surface area contributed by atoms with Crippen LogP contribution in [0.5, 0.6) is 5.75 Å². The van der Waals surface area contributed by atoms with E-state index in [4.69, 9.17) is 4.74 Å². The van der Waals surface area contributed by atoms with Crippen LogP contribution in [0.2, 0.25) is 25.7 Å². The summed E-state index contributed by atoms with van der Waals surface area (Å²) >= 11 is 0. The van der Waals surface area contributed by atoms with E-state index in [1.165, 1.54) is 16.9 Å². The molecule has 0 radical (unpaired) electrons. The minimum atomic E-state index is -3.11. The standard InChI is InChI=1S/C14H21F2N3O2Si/c1-14(15,16)12-11-7-10(20)8-17-13(11)19(18-12)9-21-5-6-22(2,3)4/h7-8,20H,5-6,9H2,1-4H3. The van der Waals surface area contributed by atoms with Crippen molar-refractivity contribution < 1.29 is 18.6 Å². The lowest BCUT2D eigenvalue weighted by Crippen LogP contribution is -2.22. The largest absolute Gasteiger partial charge is 0.506 e. The molecule has 122 valence electrons. The van der Waals surface area contributed by atoms with Crippen molar-refractivity contribution in [2.24, 2.45) is 0 Å². The maximum atomic E-state index is 13.7. The van der Waals surface area contributed by atoms with Crippen molar-refractivity contribution in [1.29, 1.82) is 0 Å². The molecule has 0 atom stereocenters. The number of fused-ring (bicyclic) bond motifs is 1. The fourth-order valence-electron chi connectivity index (χ4n) is 1.99. The topological polar surface area (TPSA) is 60.2 Å². The molecule has 0 fully saturated rings. The van der Waals surface area contributed by atoms with Gasteiger partial charge in [-0.25, -0.2) is 9.67 Å². The predicted octanol–water partition coefficient (Wildman–Crippen LogP) is 3.56. The molecule has 2 aromatic rings. The van der Waals surface area contributed by atoms with Crippen molar-refractivity contribution in [1.82, 2.24) is 14.8 Å². The maximum absolute atomic E-state index is 13.7. The summed E-state index contributed by atoms with van der Waals surface area (Å²) in [5.74, 6) is -3.28. The average molecular weight is 329 g/mol. The van der Waals surface area contributed by atoms with Crippen molar-refractivity contribution in [3.8, 4) is 5.75 Å². The van der Waals surface area contributed by atoms with Gasteiger partial charge < -0.3 is 9.84 Å². The van der Waals surface area contributed by atoms with Crippen molar-refractivity contribution in [2.75, 3.05) is 6.61 Å². The SMILES string of the molecule is CC(F)(F)c1nn(COCC[Si](C)(C)C)c2ncc(O)cc12. The number of rotatable bonds is 6. The van der Waals surface area contributed by atoms with Crippen LogP contribution in [0, 0.1) is 0 Å². The number of ether oxygens (including phenoxy) is 1. The summed E-state index contributed by atoms with van der Waals surface area (Å²) in [6.07, 6.45) is 1.21. The van der Waals surface area contributed by atoms with Crippen LogP contribution in [0.25, 0.3) is 11.0 Å². The number of pyridine rings is 1. The third-order valence-corrected chi connectivity index (χ3v) is 4.90. The zero-order valence-electron chi connectivity index (χ0n) is 13.2. The average Bonchev–Trinajstić information content (AvgIpc) is 2.71. The van der Waals surface area contributed by atoms with E-state index in [2.05, 4.69) is 29.7 Å². The molecule has 0 spiro atoms. The van der Waals surface area contributed by atoms with Gasteiger partial charge in [-0.1, -0.05) is 19.6 Å². The summed E-state index contributed by atoms with van der Waals surface area (Å²) in [6.45, 7) is 8.11. The van der Waals surface area contributed by atoms with Crippen LogP contribution in [-0.2, 0) is 17.4 Å². The van der Waals surface area contributed by atoms with E-state index < -0.39 is 19.7 Å². The van der Waals surface area contributed by atoms with Gasteiger partial charge in [0.25, 0.3) is 5.92 Å². The van der Waals surface area contributed by atoms with Crippen LogP contribution in [0.4, 0.5) is 8.78 Å². The molecule has 2 heterocycles. The van der Waals surface area contributed by atoms with Gasteiger partial charge in [0.05, 0.1) is 11.6 Å². The molecule has 1 N–H and O–H groups in total. The normalized spacial score (nSPS) is 13.0. The third-order valence-electron chi connectivity index (χ3n) is 3.20. The highest BCUT2D eigenvalue weighted by atomic mass is 28.3. The zero-order valence-corrected chi connectivity index (χ0v) is 14.2. The van der Waals surface area contributed by atoms with E-state index in [1.807, 2.05) is 0 Å². The molecular formula is C14H21F2N3O2Si. The van der Waals surface area contributed by atoms with E-state index in [1.54, 1.807) is 0 Å². The van der Waals surface area contributed by atoms with E-state index in [0.29, 0.717) is 6.61 Å². The second-order valence-electron chi connectivity index (χ2n) is 6.65. The quantitative estimate of drug-likeness (QED) is 0.650. The van der Waals surface area contributed by atoms with Gasteiger partial charge in [0.2, 0.25) is 0 Å². The lowest BCUT2D eigenvalue weighted by molar-refractivity contribution is 0.0115. The first-order valence-electron chi connectivity index (χ1n) is 7.09. The molecule has 0 saturated heterocycles. The highest BCUT2D eigenvalue weighted by Gasteiger charge is 2.32. The highest BCUT2D eigenvalue weighted by Crippen LogP contribution is 2.33. The van der Waals surface area contributed by atoms with Crippen molar-refractivity contribution >= 4 is 19.1 Å². The van der Waals surface area contributed by atoms with Crippen molar-refractivity contribution in [3.63, 3.8) is 0 Å². The van der Waals surface area contributed by atoms with Crippen LogP contribution in [0.3, 0.4) is 0 Å². The zero-order chi connectivity index (χ0) is 16.5. The van der Waals surface area contributed by atoms with Gasteiger partial charge in [-0.15, -0.1) is 0 Å². The number of hydrogen-bond donors (Lipinski definition) is 1. The molecule has 5 nitrogen and oxygen atoms in total. The van der Waals surface area contributed by atoms with Gasteiger partial charge in [0.15, 0.2) is 5.65 Å². The van der Waals surface area contributed by atoms with E-state index in [0.717, 1.165) is 13.0 Å². The Bertz CT molecular complexity index is 662. The minimum Gasteiger partial charge on any atom is -0.506 e. The molecule has 0 aliphatic carbocycles. The Kier molecular flexibility index (Phi) is 4.53. The lowest BCUT2D eigenvalue weighted by Gasteiger charge is -2.15. The summed E-state index contributed by atoms with van der Waals surface area (Å²) in [4.78, 5) is 3.99. The van der Waals surface area contributed by atoms with E-state index in [-0.39, 0.29) is 23.5 Å². The molecule has 22 heavy (non-hydrogen) atoms. The Labute approximate surface area is 128 Å². The minimum absolute atomic E-state index is 0.0643. The first-order chi connectivity index (χ1) is 10.1. The number of aromatic nitrogens is 3. The molecule has 0 aliphatic rings. The molecule has 0 amide bonds. The Balaban J connectivity index is 2.23. The van der Waals surface area contributed by atoms with Crippen LogP contribution < -0.4 is 0 Å². The Morgan fingerprint density at radius 3 is 2.64 bits per heavy atom. The van der Waals surface area contributed by atoms with Crippen molar-refractivity contribution in [2.45, 2.75) is 45.3 Å². The third kappa shape index (κ3) is 4.01. The summed E-state index contributed by atoms with van der Waals surface area (Å²) in [5.41, 5.74) is -0.123. The number of aromatic hydroxyl groups is 1. The predicted molar refractivity (Wildman–Crippen MR) is 82.9 cm³/mol. The van der Waals surface area contributed by atoms with Crippen LogP contribution >= 0.6 is 0 Å². The van der Waals surface area contributed by atoms with Gasteiger partial charge in [-0.05, 0) is 12.1 Å². The maximum Gasteiger partial charge on any atom is 0.289 e. The van der Waals surface area contributed by atoms with Gasteiger partial charge in [0.1, 0.15) is 18.2 Å². The van der Waals surface area contributed by atoms with Crippen molar-refractivity contribution in [3.05, 3.63) is 18.0 Å². The highest BCUT2D eigenvalue weighted by molar-refractivity contribution is 6.76. The monoisotopic (exact) mass is 329 g/mol. The second kappa shape index (κ2) is 5.92. The molecule has 0 aromatic carbocycles. The molecule has 0 unspecified atom stereocenters. The Morgan fingerprint density at radius 2 is 2.05 bits per heavy atom. The number of hydrogen-bond acceptors (Lipinski definition) is 4. The fourth-order valence-corrected chi connectivity index (χ4v) is 2.75. The molecule has 8 heteroatoms. The van der Waals surface area contributed by atoms with Crippen LogP contribution in [0.1, 0.15) is 12.6 Å². The van der Waals surface area contributed by atoms with Gasteiger partial charge in [0, 0.05) is 21.6 Å². The molecule has 2 aromatic heterocycles. The van der Waals surface area contributed by atoms with Crippen LogP contribution in [-0.4, -0.2) is 34.6 Å². The summed E-state index contributed by atoms with van der Waals surface area (Å²) in [7, 11) is -1.20. The van der Waals surface area contributed by atoms with E-state index in [9.17, 15) is 13.9 Å². The van der Waals surface area contributed by atoms with Gasteiger partial charge >= 0.3 is 0 Å². The number of alkyl halides is 2. The van der Waals surface area contributed by atoms with Crippen LogP contribution in [0.15, 0.2) is 12.3 Å². The Hall–Kier alpha value is -1.54. The second-order valence-corrected chi connectivity index (χ2v) is 12.3. The molecule has 0 saturated carbocycles. The lowest BCUT2D eigenvalue weighted by atomic mass is 10.2. The van der Waals surface area contributed by atoms with E-state index >= 15 is 0 Å². The van der Waals surface area contributed by atoms with Gasteiger partial charge in [-0.2, -0.15) is 13.9 Å². The summed E-state index contributed by atoms with van der Waals surface area (Å²) < 4.78 is 34.2. The Morgan fingerprint density at radius 1 is 1.36 bits per heavy atom. The smallest absolute Gasteiger partial charge is 0.289 e. The molecular weight excluding hydrogens is 308 g/mol. The number of nitrogens with zero attached hydrogens (tertiary/aromatic N) is 3. The first-order valence-corrected chi connectivity index (χ1v) is 10.8. The molecule has 0 bridgehead atoms. The number of halogens is 2. The summed E-state index contributed by atoms with van der Waals surface area (Å²) in [5, 5.41) is 13.5. The summed E-state index contributed by atoms with van der Waals surface area (Å²) in [6, 6.07) is 2.23. The first kappa shape index (κ1) is 16.8. The molecule has 2 rings (SSSR count).